The lowest BCUT2D eigenvalue weighted by molar-refractivity contribution is -0.112. The topological polar surface area (TPSA) is 29.1 Å². The number of likely N-dealkylation sites (N-methyl/N-ethyl adjacent to an activating group) is 1. The zero-order chi connectivity index (χ0) is 6.69. The van der Waals surface area contributed by atoms with Crippen molar-refractivity contribution < 1.29 is 4.79 Å². The van der Waals surface area contributed by atoms with E-state index in [1.54, 1.807) is 0 Å². The Kier molecular flexibility index (Phi) is 2.54. The van der Waals surface area contributed by atoms with Crippen molar-refractivity contribution in [1.82, 2.24) is 5.32 Å². The molecule has 1 heterocycles. The first-order chi connectivity index (χ1) is 4.34. The number of carbonyl (C=O) groups excluding carboxylic acids is 1. The van der Waals surface area contributed by atoms with Gasteiger partial charge in [0.15, 0.2) is 0 Å². The fourth-order valence-corrected chi connectivity index (χ4v) is 1.88. The lowest BCUT2D eigenvalue weighted by atomic mass is 10.2. The number of nitrogens with one attached hydrogen (secondary N) is 1. The van der Waals surface area contributed by atoms with E-state index < -0.39 is 0 Å². The molecule has 52 valence electrons. The van der Waals surface area contributed by atoms with Crippen molar-refractivity contribution in [2.24, 2.45) is 0 Å². The fraction of sp³-hybridized carbons (Fsp3) is 0.833. The highest BCUT2D eigenvalue weighted by molar-refractivity contribution is 8.14. The van der Waals surface area contributed by atoms with Crippen molar-refractivity contribution in [3.63, 3.8) is 0 Å². The molecule has 1 N–H and O–H groups in total. The molecule has 1 atom stereocenters. The van der Waals surface area contributed by atoms with Crippen LogP contribution in [0.4, 0.5) is 0 Å². The van der Waals surface area contributed by atoms with Crippen molar-refractivity contribution >= 4 is 16.9 Å². The van der Waals surface area contributed by atoms with Crippen LogP contribution in [-0.2, 0) is 4.79 Å². The van der Waals surface area contributed by atoms with Gasteiger partial charge in [0.25, 0.3) is 0 Å². The van der Waals surface area contributed by atoms with Crippen LogP contribution >= 0.6 is 11.8 Å². The average molecular weight is 145 g/mol. The molecule has 0 amide bonds. The first-order valence-electron chi connectivity index (χ1n) is 3.24. The molecule has 0 aromatic rings. The highest BCUT2D eigenvalue weighted by atomic mass is 32.2. The summed E-state index contributed by atoms with van der Waals surface area (Å²) in [7, 11) is 0. The second-order valence-corrected chi connectivity index (χ2v) is 3.17. The number of carbonyl (C=O) groups is 1. The van der Waals surface area contributed by atoms with E-state index in [1.807, 2.05) is 6.92 Å². The van der Waals surface area contributed by atoms with Crippen LogP contribution in [0.25, 0.3) is 0 Å². The van der Waals surface area contributed by atoms with E-state index in [0.717, 1.165) is 18.7 Å². The van der Waals surface area contributed by atoms with E-state index in [1.165, 1.54) is 11.8 Å². The normalized spacial score (nSPS) is 27.2. The predicted octanol–water partition coefficient (Wildman–Crippen LogP) is 0.628. The molecule has 1 aliphatic heterocycles. The van der Waals surface area contributed by atoms with Gasteiger partial charge in [-0.15, -0.1) is 0 Å². The maximum Gasteiger partial charge on any atom is 0.205 e. The van der Waals surface area contributed by atoms with Crippen molar-refractivity contribution in [3.8, 4) is 0 Å². The third-order valence-electron chi connectivity index (χ3n) is 1.39. The van der Waals surface area contributed by atoms with Gasteiger partial charge in [0.05, 0.1) is 6.04 Å². The van der Waals surface area contributed by atoms with Crippen LogP contribution in [0.1, 0.15) is 13.3 Å². The smallest absolute Gasteiger partial charge is 0.205 e. The van der Waals surface area contributed by atoms with Crippen LogP contribution in [0.5, 0.6) is 0 Å². The Balaban J connectivity index is 2.31. The molecular formula is C6H11NOS. The van der Waals surface area contributed by atoms with Gasteiger partial charge in [-0.25, -0.2) is 0 Å². The summed E-state index contributed by atoms with van der Waals surface area (Å²) in [5.41, 5.74) is 0. The molecule has 0 spiro atoms. The van der Waals surface area contributed by atoms with Crippen molar-refractivity contribution in [2.45, 2.75) is 19.4 Å². The molecule has 0 aromatic heterocycles. The summed E-state index contributed by atoms with van der Waals surface area (Å²) < 4.78 is 0. The van der Waals surface area contributed by atoms with E-state index in [9.17, 15) is 4.79 Å². The molecule has 0 unspecified atom stereocenters. The molecular weight excluding hydrogens is 134 g/mol. The van der Waals surface area contributed by atoms with Gasteiger partial charge in [0.2, 0.25) is 5.12 Å². The summed E-state index contributed by atoms with van der Waals surface area (Å²) in [6.07, 6.45) is 1.01. The van der Waals surface area contributed by atoms with Gasteiger partial charge >= 0.3 is 0 Å². The van der Waals surface area contributed by atoms with Gasteiger partial charge in [0, 0.05) is 5.75 Å². The molecule has 1 saturated heterocycles. The molecule has 0 aliphatic carbocycles. The van der Waals surface area contributed by atoms with Crippen LogP contribution in [0.15, 0.2) is 0 Å². The summed E-state index contributed by atoms with van der Waals surface area (Å²) in [5, 5.41) is 3.44. The van der Waals surface area contributed by atoms with Gasteiger partial charge < -0.3 is 5.32 Å². The van der Waals surface area contributed by atoms with Gasteiger partial charge in [-0.2, -0.15) is 0 Å². The first kappa shape index (κ1) is 7.09. The van der Waals surface area contributed by atoms with Gasteiger partial charge in [-0.1, -0.05) is 18.7 Å². The van der Waals surface area contributed by atoms with E-state index in [4.69, 9.17) is 0 Å². The van der Waals surface area contributed by atoms with E-state index in [0.29, 0.717) is 5.12 Å². The maximum absolute atomic E-state index is 10.9. The average Bonchev–Trinajstić information content (AvgIpc) is 2.18. The van der Waals surface area contributed by atoms with Crippen LogP contribution in [0.3, 0.4) is 0 Å². The van der Waals surface area contributed by atoms with Gasteiger partial charge in [-0.3, -0.25) is 4.79 Å². The van der Waals surface area contributed by atoms with E-state index >= 15 is 0 Å². The minimum absolute atomic E-state index is 0.153. The van der Waals surface area contributed by atoms with Gasteiger partial charge in [-0.05, 0) is 13.0 Å². The Hall–Kier alpha value is -0.0200. The number of hydrogen-bond acceptors (Lipinski definition) is 3. The van der Waals surface area contributed by atoms with Gasteiger partial charge in [0.1, 0.15) is 0 Å². The first-order valence-corrected chi connectivity index (χ1v) is 4.23. The highest BCUT2D eigenvalue weighted by Crippen LogP contribution is 2.18. The summed E-state index contributed by atoms with van der Waals surface area (Å²) in [6, 6.07) is 0.153. The molecule has 2 nitrogen and oxygen atoms in total. The highest BCUT2D eigenvalue weighted by Gasteiger charge is 2.23. The monoisotopic (exact) mass is 145 g/mol. The molecule has 0 saturated carbocycles. The third-order valence-corrected chi connectivity index (χ3v) is 2.39. The molecule has 0 radical (unpaired) electrons. The number of rotatable bonds is 2. The van der Waals surface area contributed by atoms with Crippen LogP contribution < -0.4 is 5.32 Å². The van der Waals surface area contributed by atoms with Crippen molar-refractivity contribution in [2.75, 3.05) is 12.3 Å². The largest absolute Gasteiger partial charge is 0.307 e. The quantitative estimate of drug-likeness (QED) is 0.618. The summed E-state index contributed by atoms with van der Waals surface area (Å²) >= 11 is 1.44. The Bertz CT molecular complexity index is 116. The van der Waals surface area contributed by atoms with E-state index in [-0.39, 0.29) is 6.04 Å². The number of thioether (sulfide) groups is 1. The zero-order valence-corrected chi connectivity index (χ0v) is 6.33. The standard InChI is InChI=1S/C6H11NOS/c1-2-7-5-3-4-9-6(5)8/h5,7H,2-4H2,1H3/t5-/m0/s1. The van der Waals surface area contributed by atoms with Crippen LogP contribution in [0.2, 0.25) is 0 Å². The Morgan fingerprint density at radius 1 is 1.89 bits per heavy atom. The molecule has 0 bridgehead atoms. The third kappa shape index (κ3) is 1.69. The molecule has 9 heavy (non-hydrogen) atoms. The van der Waals surface area contributed by atoms with Crippen molar-refractivity contribution in [1.29, 1.82) is 0 Å². The summed E-state index contributed by atoms with van der Waals surface area (Å²) in [6.45, 7) is 2.92. The predicted molar refractivity (Wildman–Crippen MR) is 39.5 cm³/mol. The Morgan fingerprint density at radius 2 is 2.67 bits per heavy atom. The lowest BCUT2D eigenvalue weighted by Gasteiger charge is -2.04. The molecule has 1 fully saturated rings. The molecule has 1 aliphatic rings. The zero-order valence-electron chi connectivity index (χ0n) is 5.52. The van der Waals surface area contributed by atoms with E-state index in [2.05, 4.69) is 5.32 Å². The summed E-state index contributed by atoms with van der Waals surface area (Å²) in [5.74, 6) is 0.997. The SMILES string of the molecule is CCN[C@H]1CCSC1=O. The molecule has 1 rings (SSSR count). The lowest BCUT2D eigenvalue weighted by Crippen LogP contribution is -2.31. The Labute approximate surface area is 59.4 Å². The molecule has 0 aromatic carbocycles. The minimum atomic E-state index is 0.153. The fourth-order valence-electron chi connectivity index (χ4n) is 0.928. The second-order valence-electron chi connectivity index (χ2n) is 2.07. The second kappa shape index (κ2) is 3.22. The summed E-state index contributed by atoms with van der Waals surface area (Å²) in [4.78, 5) is 10.9. The van der Waals surface area contributed by atoms with Crippen molar-refractivity contribution in [3.05, 3.63) is 0 Å². The molecule has 3 heteroatoms. The minimum Gasteiger partial charge on any atom is -0.307 e. The number of hydrogen-bond donors (Lipinski definition) is 1. The Morgan fingerprint density at radius 3 is 3.11 bits per heavy atom. The van der Waals surface area contributed by atoms with Crippen LogP contribution in [0, 0.1) is 0 Å². The maximum atomic E-state index is 10.9. The van der Waals surface area contributed by atoms with Crippen LogP contribution in [-0.4, -0.2) is 23.5 Å².